The highest BCUT2D eigenvalue weighted by molar-refractivity contribution is 5.89. The lowest BCUT2D eigenvalue weighted by atomic mass is 10.1. The highest BCUT2D eigenvalue weighted by atomic mass is 19.1. The van der Waals surface area contributed by atoms with E-state index < -0.39 is 23.3 Å². The molecule has 0 bridgehead atoms. The number of hydrogen-bond acceptors (Lipinski definition) is 3. The van der Waals surface area contributed by atoms with E-state index in [1.165, 1.54) is 32.9 Å². The minimum atomic E-state index is -1.09. The number of methoxy groups -OCH3 is 1. The fourth-order valence-corrected chi connectivity index (χ4v) is 1.64. The summed E-state index contributed by atoms with van der Waals surface area (Å²) in [7, 11) is 2.65. The molecule has 0 aliphatic rings. The van der Waals surface area contributed by atoms with Crippen LogP contribution in [-0.2, 0) is 0 Å². The zero-order valence-electron chi connectivity index (χ0n) is 11.8. The van der Waals surface area contributed by atoms with Crippen molar-refractivity contribution < 1.29 is 23.4 Å². The highest BCUT2D eigenvalue weighted by Gasteiger charge is 2.20. The monoisotopic (exact) mass is 288 g/mol. The van der Waals surface area contributed by atoms with E-state index in [4.69, 9.17) is 0 Å². The molecule has 7 heteroatoms. The molecule has 0 radical (unpaired) electrons. The maximum Gasteiger partial charge on any atom is 0.321 e. The van der Waals surface area contributed by atoms with E-state index in [1.54, 1.807) is 0 Å². The Kier molecular flexibility index (Phi) is 4.88. The van der Waals surface area contributed by atoms with Crippen LogP contribution in [0.2, 0.25) is 0 Å². The van der Waals surface area contributed by atoms with Gasteiger partial charge in [-0.3, -0.25) is 0 Å². The van der Waals surface area contributed by atoms with E-state index >= 15 is 0 Å². The molecular weight excluding hydrogens is 270 g/mol. The molecule has 1 aromatic rings. The van der Waals surface area contributed by atoms with Crippen LogP contribution in [0.25, 0.3) is 0 Å². The van der Waals surface area contributed by atoms with Gasteiger partial charge in [0.2, 0.25) is 0 Å². The first-order valence-corrected chi connectivity index (χ1v) is 5.91. The number of halogens is 2. The molecule has 0 aliphatic heterocycles. The first-order chi connectivity index (χ1) is 9.14. The second kappa shape index (κ2) is 6.04. The van der Waals surface area contributed by atoms with Gasteiger partial charge in [0.05, 0.1) is 24.9 Å². The number of carbonyl (C=O) groups is 1. The fourth-order valence-electron chi connectivity index (χ4n) is 1.64. The number of aliphatic hydroxyl groups is 1. The summed E-state index contributed by atoms with van der Waals surface area (Å²) in [5.74, 6) is -1.84. The minimum absolute atomic E-state index is 0.0408. The average molecular weight is 288 g/mol. The third kappa shape index (κ3) is 4.34. The summed E-state index contributed by atoms with van der Waals surface area (Å²) in [5, 5.41) is 11.8. The van der Waals surface area contributed by atoms with Gasteiger partial charge in [0.25, 0.3) is 0 Å². The molecular formula is C13H18F2N2O3. The van der Waals surface area contributed by atoms with Crippen LogP contribution in [0.3, 0.4) is 0 Å². The molecule has 1 aromatic carbocycles. The molecule has 0 saturated carbocycles. The summed E-state index contributed by atoms with van der Waals surface area (Å²) in [6, 6.07) is 1.03. The molecule has 2 N–H and O–H groups in total. The van der Waals surface area contributed by atoms with E-state index in [2.05, 4.69) is 10.1 Å². The minimum Gasteiger partial charge on any atom is -0.494 e. The molecule has 1 rings (SSSR count). The van der Waals surface area contributed by atoms with Crippen molar-refractivity contribution in [1.29, 1.82) is 0 Å². The Labute approximate surface area is 116 Å². The molecule has 20 heavy (non-hydrogen) atoms. The number of hydrogen-bond donors (Lipinski definition) is 2. The van der Waals surface area contributed by atoms with Crippen LogP contribution in [0.5, 0.6) is 5.75 Å². The molecule has 112 valence electrons. The molecule has 0 aliphatic carbocycles. The first-order valence-electron chi connectivity index (χ1n) is 5.91. The first kappa shape index (κ1) is 16.2. The van der Waals surface area contributed by atoms with Crippen molar-refractivity contribution in [3.63, 3.8) is 0 Å². The van der Waals surface area contributed by atoms with Crippen LogP contribution < -0.4 is 10.1 Å². The Morgan fingerprint density at radius 2 is 2.00 bits per heavy atom. The van der Waals surface area contributed by atoms with Crippen molar-refractivity contribution >= 4 is 11.7 Å². The quantitative estimate of drug-likeness (QED) is 0.893. The predicted molar refractivity (Wildman–Crippen MR) is 70.9 cm³/mol. The highest BCUT2D eigenvalue weighted by Crippen LogP contribution is 2.24. The largest absolute Gasteiger partial charge is 0.494 e. The SMILES string of the molecule is COc1cc(F)c(NC(=O)N(C)CC(C)(C)O)cc1F. The van der Waals surface area contributed by atoms with E-state index in [9.17, 15) is 18.7 Å². The zero-order chi connectivity index (χ0) is 15.5. The Morgan fingerprint density at radius 1 is 1.40 bits per heavy atom. The van der Waals surface area contributed by atoms with Crippen LogP contribution in [0.4, 0.5) is 19.3 Å². The lowest BCUT2D eigenvalue weighted by molar-refractivity contribution is 0.0550. The van der Waals surface area contributed by atoms with Crippen molar-refractivity contribution in [1.82, 2.24) is 4.90 Å². The van der Waals surface area contributed by atoms with Crippen LogP contribution in [0.15, 0.2) is 12.1 Å². The van der Waals surface area contributed by atoms with Gasteiger partial charge in [0.1, 0.15) is 0 Å². The molecule has 0 heterocycles. The third-order valence-corrected chi connectivity index (χ3v) is 2.45. The summed E-state index contributed by atoms with van der Waals surface area (Å²) < 4.78 is 31.7. The number of nitrogens with one attached hydrogen (secondary N) is 1. The van der Waals surface area contributed by atoms with Gasteiger partial charge >= 0.3 is 6.03 Å². The van der Waals surface area contributed by atoms with Crippen LogP contribution >= 0.6 is 0 Å². The van der Waals surface area contributed by atoms with Crippen LogP contribution in [0.1, 0.15) is 13.8 Å². The number of ether oxygens (including phenoxy) is 1. The molecule has 0 saturated heterocycles. The van der Waals surface area contributed by atoms with Gasteiger partial charge in [-0.2, -0.15) is 0 Å². The van der Waals surface area contributed by atoms with Crippen molar-refractivity contribution in [2.75, 3.05) is 26.0 Å². The number of rotatable bonds is 4. The van der Waals surface area contributed by atoms with E-state index in [0.717, 1.165) is 12.1 Å². The van der Waals surface area contributed by atoms with Crippen molar-refractivity contribution in [3.05, 3.63) is 23.8 Å². The summed E-state index contributed by atoms with van der Waals surface area (Å²) >= 11 is 0. The van der Waals surface area contributed by atoms with Crippen LogP contribution in [0, 0.1) is 11.6 Å². The van der Waals surface area contributed by atoms with E-state index in [-0.39, 0.29) is 18.0 Å². The Balaban J connectivity index is 2.83. The standard InChI is InChI=1S/C13H18F2N2O3/c1-13(2,19)7-17(3)12(18)16-10-5-9(15)11(20-4)6-8(10)14/h5-6,19H,7H2,1-4H3,(H,16,18). The van der Waals surface area contributed by atoms with E-state index in [0.29, 0.717) is 0 Å². The molecule has 0 atom stereocenters. The Bertz CT molecular complexity index is 501. The average Bonchev–Trinajstić information content (AvgIpc) is 2.31. The molecule has 0 spiro atoms. The topological polar surface area (TPSA) is 61.8 Å². The van der Waals surface area contributed by atoms with Crippen LogP contribution in [-0.4, -0.2) is 42.3 Å². The summed E-state index contributed by atoms with van der Waals surface area (Å²) in [4.78, 5) is 13.0. The number of anilines is 1. The van der Waals surface area contributed by atoms with Gasteiger partial charge in [-0.05, 0) is 13.8 Å². The summed E-state index contributed by atoms with van der Waals surface area (Å²) in [6.45, 7) is 3.11. The van der Waals surface area contributed by atoms with Gasteiger partial charge in [0, 0.05) is 19.2 Å². The predicted octanol–water partition coefficient (Wildman–Crippen LogP) is 2.21. The molecule has 0 unspecified atom stereocenters. The molecule has 0 fully saturated rings. The van der Waals surface area contributed by atoms with Gasteiger partial charge in [0.15, 0.2) is 17.4 Å². The zero-order valence-corrected chi connectivity index (χ0v) is 11.8. The van der Waals surface area contributed by atoms with Gasteiger partial charge in [-0.25, -0.2) is 13.6 Å². The third-order valence-electron chi connectivity index (χ3n) is 2.45. The number of nitrogens with zero attached hydrogens (tertiary/aromatic N) is 1. The molecule has 5 nitrogen and oxygen atoms in total. The lowest BCUT2D eigenvalue weighted by Gasteiger charge is -2.25. The Hall–Kier alpha value is -1.89. The van der Waals surface area contributed by atoms with E-state index in [1.807, 2.05) is 0 Å². The van der Waals surface area contributed by atoms with Crippen molar-refractivity contribution in [2.45, 2.75) is 19.4 Å². The normalized spacial score (nSPS) is 11.2. The second-order valence-electron chi connectivity index (χ2n) is 5.07. The Morgan fingerprint density at radius 3 is 2.50 bits per heavy atom. The second-order valence-corrected chi connectivity index (χ2v) is 5.07. The number of amides is 2. The van der Waals surface area contributed by atoms with Gasteiger partial charge < -0.3 is 20.1 Å². The smallest absolute Gasteiger partial charge is 0.321 e. The number of likely N-dealkylation sites (N-methyl/N-ethyl adjacent to an activating group) is 1. The maximum atomic E-state index is 13.6. The molecule has 0 aromatic heterocycles. The van der Waals surface area contributed by atoms with Crippen molar-refractivity contribution in [2.24, 2.45) is 0 Å². The summed E-state index contributed by atoms with van der Waals surface area (Å²) in [5.41, 5.74) is -1.38. The molecule has 2 amide bonds. The number of urea groups is 1. The number of benzene rings is 1. The van der Waals surface area contributed by atoms with Gasteiger partial charge in [-0.15, -0.1) is 0 Å². The summed E-state index contributed by atoms with van der Waals surface area (Å²) in [6.07, 6.45) is 0. The number of carbonyl (C=O) groups excluding carboxylic acids is 1. The fraction of sp³-hybridized carbons (Fsp3) is 0.462. The lowest BCUT2D eigenvalue weighted by Crippen LogP contribution is -2.41. The maximum absolute atomic E-state index is 13.6. The van der Waals surface area contributed by atoms with Gasteiger partial charge in [-0.1, -0.05) is 0 Å². The van der Waals surface area contributed by atoms with Crippen molar-refractivity contribution in [3.8, 4) is 5.75 Å².